The highest BCUT2D eigenvalue weighted by molar-refractivity contribution is 5.96. The molecule has 0 fully saturated rings. The predicted octanol–water partition coefficient (Wildman–Crippen LogP) is 3.05. The number of benzene rings is 2. The zero-order valence-corrected chi connectivity index (χ0v) is 17.2. The Kier molecular flexibility index (Phi) is 5.88. The number of hydrogen-bond acceptors (Lipinski definition) is 4. The van der Waals surface area contributed by atoms with Crippen molar-refractivity contribution < 1.29 is 19.1 Å². The average molecular weight is 420 g/mol. The second-order valence-electron chi connectivity index (χ2n) is 7.31. The van der Waals surface area contributed by atoms with E-state index in [0.717, 1.165) is 17.6 Å². The Morgan fingerprint density at radius 1 is 1.13 bits per heavy atom. The number of fused-ring (bicyclic) bond motifs is 3. The number of nitrogens with one attached hydrogen (secondary N) is 3. The van der Waals surface area contributed by atoms with E-state index in [1.54, 1.807) is 36.1 Å². The van der Waals surface area contributed by atoms with Crippen LogP contribution in [0.5, 0.6) is 0 Å². The standard InChI is InChI=1S/C23H24N4O4/c1-2-31-22(29)15-6-5-7-16(12-15)25-21(28)13-24-23(30)27-11-10-18-17-8-3-4-9-19(17)26-20(18)14-27/h3-9,12,26H,2,10-11,13-14H2,1H3,(H,24,30)(H,25,28). The molecular formula is C23H24N4O4. The lowest BCUT2D eigenvalue weighted by Gasteiger charge is -2.27. The smallest absolute Gasteiger partial charge is 0.338 e. The van der Waals surface area contributed by atoms with Crippen LogP contribution in [0.25, 0.3) is 10.9 Å². The van der Waals surface area contributed by atoms with E-state index in [4.69, 9.17) is 4.74 Å². The van der Waals surface area contributed by atoms with Gasteiger partial charge in [-0.1, -0.05) is 24.3 Å². The molecule has 2 aromatic carbocycles. The van der Waals surface area contributed by atoms with Crippen LogP contribution in [0.2, 0.25) is 0 Å². The van der Waals surface area contributed by atoms with Gasteiger partial charge in [0.25, 0.3) is 0 Å². The molecule has 8 heteroatoms. The maximum Gasteiger partial charge on any atom is 0.338 e. The molecule has 0 aliphatic carbocycles. The Labute approximate surface area is 179 Å². The van der Waals surface area contributed by atoms with E-state index >= 15 is 0 Å². The zero-order valence-electron chi connectivity index (χ0n) is 17.2. The largest absolute Gasteiger partial charge is 0.462 e. The number of carbonyl (C=O) groups is 3. The predicted molar refractivity (Wildman–Crippen MR) is 117 cm³/mol. The van der Waals surface area contributed by atoms with Gasteiger partial charge in [-0.05, 0) is 43.2 Å². The van der Waals surface area contributed by atoms with Gasteiger partial charge in [-0.25, -0.2) is 9.59 Å². The molecule has 0 radical (unpaired) electrons. The number of aromatic amines is 1. The highest BCUT2D eigenvalue weighted by Crippen LogP contribution is 2.27. The van der Waals surface area contributed by atoms with E-state index in [9.17, 15) is 14.4 Å². The van der Waals surface area contributed by atoms with Crippen molar-refractivity contribution in [3.8, 4) is 0 Å². The number of esters is 1. The zero-order chi connectivity index (χ0) is 21.8. The monoisotopic (exact) mass is 420 g/mol. The van der Waals surface area contributed by atoms with Gasteiger partial charge in [0.15, 0.2) is 0 Å². The number of H-pyrrole nitrogens is 1. The minimum Gasteiger partial charge on any atom is -0.462 e. The number of aromatic nitrogens is 1. The van der Waals surface area contributed by atoms with Gasteiger partial charge < -0.3 is 25.3 Å². The Balaban J connectivity index is 1.31. The third-order valence-corrected chi connectivity index (χ3v) is 5.23. The van der Waals surface area contributed by atoms with Gasteiger partial charge in [0.05, 0.1) is 25.3 Å². The number of urea groups is 1. The Morgan fingerprint density at radius 2 is 1.97 bits per heavy atom. The minimum absolute atomic E-state index is 0.168. The summed E-state index contributed by atoms with van der Waals surface area (Å²) in [7, 11) is 0. The number of rotatable bonds is 5. The summed E-state index contributed by atoms with van der Waals surface area (Å²) in [5, 5.41) is 6.55. The molecule has 1 aliphatic heterocycles. The van der Waals surface area contributed by atoms with E-state index in [2.05, 4.69) is 21.7 Å². The fourth-order valence-electron chi connectivity index (χ4n) is 3.78. The number of nitrogens with zero attached hydrogens (tertiary/aromatic N) is 1. The highest BCUT2D eigenvalue weighted by Gasteiger charge is 2.24. The number of hydrogen-bond donors (Lipinski definition) is 3. The number of anilines is 1. The van der Waals surface area contributed by atoms with E-state index in [0.29, 0.717) is 24.3 Å². The van der Waals surface area contributed by atoms with Gasteiger partial charge in [0.2, 0.25) is 5.91 Å². The van der Waals surface area contributed by atoms with Crippen molar-refractivity contribution in [2.24, 2.45) is 0 Å². The van der Waals surface area contributed by atoms with Crippen LogP contribution in [0.4, 0.5) is 10.5 Å². The van der Waals surface area contributed by atoms with Crippen molar-refractivity contribution >= 4 is 34.5 Å². The molecule has 160 valence electrons. The number of carbonyl (C=O) groups excluding carboxylic acids is 3. The van der Waals surface area contributed by atoms with Gasteiger partial charge in [-0.15, -0.1) is 0 Å². The summed E-state index contributed by atoms with van der Waals surface area (Å²) < 4.78 is 4.96. The van der Waals surface area contributed by atoms with Crippen LogP contribution < -0.4 is 10.6 Å². The summed E-state index contributed by atoms with van der Waals surface area (Å²) in [6.45, 7) is 2.90. The van der Waals surface area contributed by atoms with Crippen molar-refractivity contribution in [2.75, 3.05) is 25.0 Å². The third kappa shape index (κ3) is 4.53. The van der Waals surface area contributed by atoms with E-state index in [1.807, 2.05) is 18.2 Å². The molecule has 1 aromatic heterocycles. The molecule has 0 unspecified atom stereocenters. The maximum atomic E-state index is 12.6. The Morgan fingerprint density at radius 3 is 2.81 bits per heavy atom. The van der Waals surface area contributed by atoms with Gasteiger partial charge in [0.1, 0.15) is 0 Å². The lowest BCUT2D eigenvalue weighted by atomic mass is 10.0. The van der Waals surface area contributed by atoms with E-state index < -0.39 is 5.97 Å². The fourth-order valence-corrected chi connectivity index (χ4v) is 3.78. The number of ether oxygens (including phenoxy) is 1. The molecule has 0 saturated carbocycles. The summed E-state index contributed by atoms with van der Waals surface area (Å²) in [6.07, 6.45) is 0.764. The summed E-state index contributed by atoms with van der Waals surface area (Å²) in [4.78, 5) is 41.7. The average Bonchev–Trinajstić information content (AvgIpc) is 3.15. The lowest BCUT2D eigenvalue weighted by molar-refractivity contribution is -0.115. The first-order valence-electron chi connectivity index (χ1n) is 10.2. The Bertz CT molecular complexity index is 1140. The molecule has 0 bridgehead atoms. The first-order valence-corrected chi connectivity index (χ1v) is 10.2. The SMILES string of the molecule is CCOC(=O)c1cccc(NC(=O)CNC(=O)N2CCc3c([nH]c4ccccc34)C2)c1. The van der Waals surface area contributed by atoms with Crippen LogP contribution in [0, 0.1) is 0 Å². The lowest BCUT2D eigenvalue weighted by Crippen LogP contribution is -2.45. The van der Waals surface area contributed by atoms with Gasteiger partial charge in [-0.2, -0.15) is 0 Å². The van der Waals surface area contributed by atoms with Gasteiger partial charge in [-0.3, -0.25) is 4.79 Å². The molecule has 4 rings (SSSR count). The van der Waals surface area contributed by atoms with Gasteiger partial charge in [0, 0.05) is 28.8 Å². The number of para-hydroxylation sites is 1. The summed E-state index contributed by atoms with van der Waals surface area (Å²) in [6, 6.07) is 14.3. The molecule has 0 spiro atoms. The van der Waals surface area contributed by atoms with E-state index in [-0.39, 0.29) is 25.1 Å². The van der Waals surface area contributed by atoms with Crippen molar-refractivity contribution in [2.45, 2.75) is 19.9 Å². The summed E-state index contributed by atoms with van der Waals surface area (Å²) in [5.41, 5.74) is 4.16. The van der Waals surface area contributed by atoms with Crippen LogP contribution in [0.3, 0.4) is 0 Å². The number of amides is 3. The van der Waals surface area contributed by atoms with Crippen molar-refractivity contribution in [3.05, 3.63) is 65.4 Å². The molecule has 0 atom stereocenters. The molecule has 8 nitrogen and oxygen atoms in total. The summed E-state index contributed by atoms with van der Waals surface area (Å²) in [5.74, 6) is -0.828. The van der Waals surface area contributed by atoms with Crippen LogP contribution in [-0.2, 0) is 22.5 Å². The fraction of sp³-hybridized carbons (Fsp3) is 0.261. The minimum atomic E-state index is -0.451. The molecular weight excluding hydrogens is 396 g/mol. The highest BCUT2D eigenvalue weighted by atomic mass is 16.5. The second kappa shape index (κ2) is 8.91. The molecule has 2 heterocycles. The van der Waals surface area contributed by atoms with Crippen molar-refractivity contribution in [3.63, 3.8) is 0 Å². The topological polar surface area (TPSA) is 104 Å². The Hall–Kier alpha value is -3.81. The van der Waals surface area contributed by atoms with Gasteiger partial charge >= 0.3 is 12.0 Å². The first kappa shape index (κ1) is 20.5. The maximum absolute atomic E-state index is 12.6. The van der Waals surface area contributed by atoms with Crippen molar-refractivity contribution in [1.29, 1.82) is 0 Å². The normalized spacial score (nSPS) is 12.9. The molecule has 3 N–H and O–H groups in total. The van der Waals surface area contributed by atoms with Crippen LogP contribution >= 0.6 is 0 Å². The third-order valence-electron chi connectivity index (χ3n) is 5.23. The molecule has 31 heavy (non-hydrogen) atoms. The molecule has 1 aliphatic rings. The van der Waals surface area contributed by atoms with Crippen LogP contribution in [-0.4, -0.2) is 47.5 Å². The first-order chi connectivity index (χ1) is 15.0. The second-order valence-corrected chi connectivity index (χ2v) is 7.31. The van der Waals surface area contributed by atoms with Crippen LogP contribution in [0.15, 0.2) is 48.5 Å². The quantitative estimate of drug-likeness (QED) is 0.552. The van der Waals surface area contributed by atoms with Crippen molar-refractivity contribution in [1.82, 2.24) is 15.2 Å². The molecule has 0 saturated heterocycles. The van der Waals surface area contributed by atoms with Crippen LogP contribution in [0.1, 0.15) is 28.5 Å². The molecule has 3 amide bonds. The van der Waals surface area contributed by atoms with E-state index in [1.165, 1.54) is 10.9 Å². The molecule has 3 aromatic rings. The summed E-state index contributed by atoms with van der Waals surface area (Å²) >= 11 is 0.